The minimum absolute atomic E-state index is 0.0648. The van der Waals surface area contributed by atoms with E-state index in [2.05, 4.69) is 15.6 Å². The molecule has 0 aliphatic rings. The Balaban J connectivity index is 1.91. The number of hydrogen-bond acceptors (Lipinski definition) is 4. The second-order valence-corrected chi connectivity index (χ2v) is 6.51. The lowest BCUT2D eigenvalue weighted by Gasteiger charge is -2.12. The Bertz CT molecular complexity index is 986. The van der Waals surface area contributed by atoms with Gasteiger partial charge in [-0.25, -0.2) is 0 Å². The summed E-state index contributed by atoms with van der Waals surface area (Å²) < 4.78 is 0. The topological polar surface area (TPSA) is 115 Å². The number of aryl methyl sites for hydroxylation is 2. The quantitative estimate of drug-likeness (QED) is 0.682. The predicted molar refractivity (Wildman–Crippen MR) is 107 cm³/mol. The molecule has 2 amide bonds. The van der Waals surface area contributed by atoms with E-state index in [0.29, 0.717) is 17.7 Å². The van der Waals surface area contributed by atoms with E-state index in [1.54, 1.807) is 13.8 Å². The Morgan fingerprint density at radius 3 is 2.57 bits per heavy atom. The first-order valence-electron chi connectivity index (χ1n) is 9.14. The lowest BCUT2D eigenvalue weighted by Crippen LogP contribution is -2.33. The summed E-state index contributed by atoms with van der Waals surface area (Å²) in [5.41, 5.74) is 3.42. The van der Waals surface area contributed by atoms with Crippen LogP contribution in [0.25, 0.3) is 0 Å². The van der Waals surface area contributed by atoms with Crippen LogP contribution in [0.3, 0.4) is 0 Å². The van der Waals surface area contributed by atoms with Crippen molar-refractivity contribution in [2.75, 3.05) is 11.9 Å². The lowest BCUT2D eigenvalue weighted by molar-refractivity contribution is -0.124. The Labute approximate surface area is 163 Å². The van der Waals surface area contributed by atoms with Crippen LogP contribution in [-0.2, 0) is 22.4 Å². The molecule has 0 radical (unpaired) electrons. The molecule has 28 heavy (non-hydrogen) atoms. The number of rotatable bonds is 7. The minimum atomic E-state index is -0.422. The van der Waals surface area contributed by atoms with Crippen LogP contribution < -0.4 is 16.2 Å². The van der Waals surface area contributed by atoms with Gasteiger partial charge in [0.1, 0.15) is 11.6 Å². The molecular weight excluding hydrogens is 356 g/mol. The number of H-pyrrole nitrogens is 1. The molecule has 1 heterocycles. The van der Waals surface area contributed by atoms with Crippen LogP contribution in [0.5, 0.6) is 0 Å². The normalized spacial score (nSPS) is 10.2. The van der Waals surface area contributed by atoms with E-state index in [1.165, 1.54) is 0 Å². The zero-order valence-electron chi connectivity index (χ0n) is 16.3. The molecule has 0 bridgehead atoms. The Morgan fingerprint density at radius 1 is 1.18 bits per heavy atom. The van der Waals surface area contributed by atoms with E-state index >= 15 is 0 Å². The molecule has 0 saturated carbocycles. The zero-order valence-corrected chi connectivity index (χ0v) is 16.3. The molecule has 1 aromatic heterocycles. The number of benzene rings is 1. The summed E-state index contributed by atoms with van der Waals surface area (Å²) in [6.45, 7) is 5.32. The lowest BCUT2D eigenvalue weighted by atomic mass is 9.99. The maximum atomic E-state index is 12.1. The van der Waals surface area contributed by atoms with Crippen LogP contribution in [0.2, 0.25) is 0 Å². The van der Waals surface area contributed by atoms with Crippen LogP contribution in [0.15, 0.2) is 29.1 Å². The molecule has 0 unspecified atom stereocenters. The Morgan fingerprint density at radius 2 is 1.89 bits per heavy atom. The van der Waals surface area contributed by atoms with Crippen LogP contribution in [-0.4, -0.2) is 23.3 Å². The second-order valence-electron chi connectivity index (χ2n) is 6.51. The van der Waals surface area contributed by atoms with Gasteiger partial charge in [0.05, 0.1) is 6.54 Å². The molecule has 0 fully saturated rings. The third-order valence-corrected chi connectivity index (χ3v) is 4.64. The second kappa shape index (κ2) is 9.51. The summed E-state index contributed by atoms with van der Waals surface area (Å²) in [5.74, 6) is -0.570. The van der Waals surface area contributed by atoms with E-state index in [1.807, 2.05) is 37.3 Å². The van der Waals surface area contributed by atoms with Gasteiger partial charge in [-0.15, -0.1) is 0 Å². The summed E-state index contributed by atoms with van der Waals surface area (Å²) >= 11 is 0. The van der Waals surface area contributed by atoms with Crippen molar-refractivity contribution < 1.29 is 9.59 Å². The van der Waals surface area contributed by atoms with Gasteiger partial charge < -0.3 is 15.6 Å². The minimum Gasteiger partial charge on any atom is -0.347 e. The van der Waals surface area contributed by atoms with Crippen molar-refractivity contribution in [3.63, 3.8) is 0 Å². The fraction of sp³-hybridized carbons (Fsp3) is 0.333. The predicted octanol–water partition coefficient (Wildman–Crippen LogP) is 2.11. The van der Waals surface area contributed by atoms with Gasteiger partial charge in [-0.05, 0) is 49.4 Å². The average molecular weight is 380 g/mol. The maximum Gasteiger partial charge on any atom is 0.266 e. The average Bonchev–Trinajstić information content (AvgIpc) is 2.66. The maximum absolute atomic E-state index is 12.1. The first-order valence-corrected chi connectivity index (χ1v) is 9.14. The number of carbonyl (C=O) groups is 2. The highest BCUT2D eigenvalue weighted by atomic mass is 16.2. The number of pyridine rings is 1. The fourth-order valence-electron chi connectivity index (χ4n) is 3.07. The largest absolute Gasteiger partial charge is 0.347 e. The van der Waals surface area contributed by atoms with Crippen molar-refractivity contribution in [3.05, 3.63) is 62.6 Å². The van der Waals surface area contributed by atoms with Gasteiger partial charge in [0, 0.05) is 17.8 Å². The Kier molecular flexibility index (Phi) is 7.10. The molecule has 7 heteroatoms. The van der Waals surface area contributed by atoms with E-state index in [0.717, 1.165) is 23.2 Å². The monoisotopic (exact) mass is 380 g/mol. The number of para-hydroxylation sites is 1. The first-order chi connectivity index (χ1) is 13.4. The van der Waals surface area contributed by atoms with Crippen LogP contribution >= 0.6 is 0 Å². The summed E-state index contributed by atoms with van der Waals surface area (Å²) in [7, 11) is 0. The molecule has 2 aromatic rings. The fourth-order valence-corrected chi connectivity index (χ4v) is 3.07. The number of aromatic nitrogens is 1. The number of nitrogens with zero attached hydrogens (tertiary/aromatic N) is 1. The van der Waals surface area contributed by atoms with Gasteiger partial charge in [0.2, 0.25) is 11.8 Å². The van der Waals surface area contributed by atoms with Gasteiger partial charge in [0.25, 0.3) is 5.56 Å². The number of nitrogens with one attached hydrogen (secondary N) is 3. The number of nitriles is 1. The molecule has 0 aliphatic carbocycles. The standard InChI is InChI=1S/C21H24N4O3/c1-4-15-7-5-6-8-18(15)25-20(27)12-23-19(26)10-9-16-13(2)17(11-22)21(28)24-14(16)3/h5-8H,4,9-10,12H2,1-3H3,(H,23,26)(H,24,28)(H,25,27). The van der Waals surface area contributed by atoms with E-state index in [9.17, 15) is 14.4 Å². The number of amides is 2. The van der Waals surface area contributed by atoms with Crippen LogP contribution in [0.4, 0.5) is 5.69 Å². The van der Waals surface area contributed by atoms with Crippen molar-refractivity contribution in [1.82, 2.24) is 10.3 Å². The summed E-state index contributed by atoms with van der Waals surface area (Å²) in [6, 6.07) is 9.42. The van der Waals surface area contributed by atoms with Crippen LogP contribution in [0.1, 0.15) is 41.3 Å². The molecule has 0 aliphatic heterocycles. The highest BCUT2D eigenvalue weighted by molar-refractivity contribution is 5.95. The number of carbonyl (C=O) groups excluding carboxylic acids is 2. The highest BCUT2D eigenvalue weighted by Crippen LogP contribution is 2.16. The van der Waals surface area contributed by atoms with Crippen LogP contribution in [0, 0.1) is 25.2 Å². The van der Waals surface area contributed by atoms with Gasteiger partial charge in [-0.3, -0.25) is 14.4 Å². The zero-order chi connectivity index (χ0) is 20.7. The summed E-state index contributed by atoms with van der Waals surface area (Å²) in [5, 5.41) is 14.5. The van der Waals surface area contributed by atoms with E-state index in [-0.39, 0.29) is 30.3 Å². The SMILES string of the molecule is CCc1ccccc1NC(=O)CNC(=O)CCc1c(C)[nH]c(=O)c(C#N)c1C. The molecule has 0 atom stereocenters. The first kappa shape index (κ1) is 20.9. The molecule has 146 valence electrons. The van der Waals surface area contributed by atoms with Gasteiger partial charge >= 0.3 is 0 Å². The Hall–Kier alpha value is -3.40. The summed E-state index contributed by atoms with van der Waals surface area (Å²) in [4.78, 5) is 38.6. The number of anilines is 1. The third kappa shape index (κ3) is 5.07. The number of hydrogen-bond donors (Lipinski definition) is 3. The summed E-state index contributed by atoms with van der Waals surface area (Å²) in [6.07, 6.45) is 1.32. The van der Waals surface area contributed by atoms with Crippen molar-refractivity contribution >= 4 is 17.5 Å². The van der Waals surface area contributed by atoms with Gasteiger partial charge in [-0.2, -0.15) is 5.26 Å². The van der Waals surface area contributed by atoms with E-state index in [4.69, 9.17) is 5.26 Å². The molecule has 0 saturated heterocycles. The molecule has 2 rings (SSSR count). The van der Waals surface area contributed by atoms with Crippen molar-refractivity contribution in [1.29, 1.82) is 5.26 Å². The van der Waals surface area contributed by atoms with Crippen molar-refractivity contribution in [2.45, 2.75) is 40.0 Å². The highest BCUT2D eigenvalue weighted by Gasteiger charge is 2.14. The third-order valence-electron chi connectivity index (χ3n) is 4.64. The van der Waals surface area contributed by atoms with Crippen molar-refractivity contribution in [2.24, 2.45) is 0 Å². The van der Waals surface area contributed by atoms with Gasteiger partial charge in [-0.1, -0.05) is 25.1 Å². The van der Waals surface area contributed by atoms with Gasteiger partial charge in [0.15, 0.2) is 0 Å². The molecular formula is C21H24N4O3. The molecule has 7 nitrogen and oxygen atoms in total. The smallest absolute Gasteiger partial charge is 0.266 e. The molecule has 0 spiro atoms. The molecule has 3 N–H and O–H groups in total. The van der Waals surface area contributed by atoms with Crippen molar-refractivity contribution in [3.8, 4) is 6.07 Å². The van der Waals surface area contributed by atoms with E-state index < -0.39 is 5.56 Å². The molecule has 1 aromatic carbocycles. The number of aromatic amines is 1.